The second-order valence-corrected chi connectivity index (χ2v) is 8.72. The van der Waals surface area contributed by atoms with Crippen molar-refractivity contribution in [2.24, 2.45) is 11.3 Å². The molecule has 1 aromatic carbocycles. The molecule has 1 atom stereocenters. The number of carbonyl (C=O) groups excluding carboxylic acids is 1. The third kappa shape index (κ3) is 3.78. The summed E-state index contributed by atoms with van der Waals surface area (Å²) in [6, 6.07) is 11.0. The fourth-order valence-corrected chi connectivity index (χ4v) is 5.35. The first kappa shape index (κ1) is 18.9. The molecule has 5 heteroatoms. The first-order chi connectivity index (χ1) is 13.1. The molecule has 27 heavy (non-hydrogen) atoms. The van der Waals surface area contributed by atoms with Crippen LogP contribution in [0.5, 0.6) is 0 Å². The number of benzene rings is 1. The van der Waals surface area contributed by atoms with Crippen LogP contribution in [0, 0.1) is 11.3 Å². The fraction of sp³-hybridized carbons (Fsp3) is 0.682. The molecule has 3 aliphatic rings. The van der Waals surface area contributed by atoms with Gasteiger partial charge in [0.15, 0.2) is 0 Å². The summed E-state index contributed by atoms with van der Waals surface area (Å²) >= 11 is 0. The molecule has 1 aromatic rings. The standard InChI is InChI=1S/C22H33N3O2/c1-23(19-9-13-25(27-2)14-10-19)21(26)20-16-24(17-22(20)11-6-12-22)15-18-7-4-3-5-8-18/h3-5,7-8,19-20H,6,9-17H2,1-2H3. The number of piperidine rings is 1. The van der Waals surface area contributed by atoms with Gasteiger partial charge in [0.2, 0.25) is 5.91 Å². The van der Waals surface area contributed by atoms with Crippen LogP contribution >= 0.6 is 0 Å². The van der Waals surface area contributed by atoms with Gasteiger partial charge in [-0.3, -0.25) is 9.69 Å². The highest BCUT2D eigenvalue weighted by molar-refractivity contribution is 5.80. The van der Waals surface area contributed by atoms with E-state index in [2.05, 4.69) is 40.1 Å². The molecule has 1 amide bonds. The zero-order valence-electron chi connectivity index (χ0n) is 16.8. The van der Waals surface area contributed by atoms with Gasteiger partial charge in [-0.15, -0.1) is 0 Å². The molecule has 4 rings (SSSR count). The maximum absolute atomic E-state index is 13.5. The minimum Gasteiger partial charge on any atom is -0.342 e. The summed E-state index contributed by atoms with van der Waals surface area (Å²) in [5, 5.41) is 2.00. The van der Waals surface area contributed by atoms with Crippen LogP contribution in [0.4, 0.5) is 0 Å². The van der Waals surface area contributed by atoms with E-state index in [-0.39, 0.29) is 11.3 Å². The van der Waals surface area contributed by atoms with Crippen LogP contribution < -0.4 is 0 Å². The molecule has 1 spiro atoms. The lowest BCUT2D eigenvalue weighted by atomic mass is 9.62. The van der Waals surface area contributed by atoms with Crippen molar-refractivity contribution in [1.29, 1.82) is 0 Å². The summed E-state index contributed by atoms with van der Waals surface area (Å²) in [7, 11) is 3.76. The number of hydrogen-bond donors (Lipinski definition) is 0. The van der Waals surface area contributed by atoms with Crippen molar-refractivity contribution in [1.82, 2.24) is 14.9 Å². The smallest absolute Gasteiger partial charge is 0.227 e. The molecular formula is C22H33N3O2. The van der Waals surface area contributed by atoms with Crippen molar-refractivity contribution < 1.29 is 9.63 Å². The number of carbonyl (C=O) groups is 1. The van der Waals surface area contributed by atoms with Crippen molar-refractivity contribution in [3.05, 3.63) is 35.9 Å². The summed E-state index contributed by atoms with van der Waals surface area (Å²) in [5.41, 5.74) is 1.58. The van der Waals surface area contributed by atoms with Gasteiger partial charge < -0.3 is 9.74 Å². The van der Waals surface area contributed by atoms with Crippen LogP contribution in [-0.2, 0) is 16.2 Å². The maximum atomic E-state index is 13.5. The second-order valence-electron chi connectivity index (χ2n) is 8.72. The average molecular weight is 372 g/mol. The third-order valence-electron chi connectivity index (χ3n) is 7.19. The molecular weight excluding hydrogens is 338 g/mol. The summed E-state index contributed by atoms with van der Waals surface area (Å²) in [4.78, 5) is 23.4. The fourth-order valence-electron chi connectivity index (χ4n) is 5.35. The van der Waals surface area contributed by atoms with E-state index < -0.39 is 0 Å². The predicted molar refractivity (Wildman–Crippen MR) is 106 cm³/mol. The summed E-state index contributed by atoms with van der Waals surface area (Å²) in [5.74, 6) is 0.543. The zero-order valence-corrected chi connectivity index (χ0v) is 16.8. The predicted octanol–water partition coefficient (Wildman–Crippen LogP) is 2.77. The summed E-state index contributed by atoms with van der Waals surface area (Å²) in [6.07, 6.45) is 5.71. The number of rotatable bonds is 5. The molecule has 0 bridgehead atoms. The SMILES string of the molecule is CON1CCC(N(C)C(=O)C2CN(Cc3ccccc3)CC23CCC3)CC1. The number of amides is 1. The molecule has 1 unspecified atom stereocenters. The number of hydrogen-bond acceptors (Lipinski definition) is 4. The van der Waals surface area contributed by atoms with Crippen molar-refractivity contribution in [3.8, 4) is 0 Å². The Hall–Kier alpha value is -1.43. The molecule has 2 aliphatic heterocycles. The van der Waals surface area contributed by atoms with E-state index in [9.17, 15) is 4.79 Å². The minimum absolute atomic E-state index is 0.167. The van der Waals surface area contributed by atoms with Gasteiger partial charge in [-0.25, -0.2) is 0 Å². The molecule has 0 N–H and O–H groups in total. The van der Waals surface area contributed by atoms with Gasteiger partial charge in [0.05, 0.1) is 13.0 Å². The lowest BCUT2D eigenvalue weighted by Crippen LogP contribution is -2.51. The normalized spacial score (nSPS) is 26.2. The van der Waals surface area contributed by atoms with E-state index in [1.807, 2.05) is 12.1 Å². The maximum Gasteiger partial charge on any atom is 0.227 e. The summed E-state index contributed by atoms with van der Waals surface area (Å²) in [6.45, 7) is 4.77. The topological polar surface area (TPSA) is 36.0 Å². The van der Waals surface area contributed by atoms with Crippen LogP contribution in [0.15, 0.2) is 30.3 Å². The molecule has 1 saturated carbocycles. The van der Waals surface area contributed by atoms with Crippen LogP contribution in [-0.4, -0.2) is 67.1 Å². The van der Waals surface area contributed by atoms with Crippen LogP contribution in [0.2, 0.25) is 0 Å². The van der Waals surface area contributed by atoms with Gasteiger partial charge in [-0.1, -0.05) is 36.8 Å². The Morgan fingerprint density at radius 3 is 2.52 bits per heavy atom. The monoisotopic (exact) mass is 371 g/mol. The molecule has 0 aromatic heterocycles. The van der Waals surface area contributed by atoms with Crippen molar-refractivity contribution >= 4 is 5.91 Å². The van der Waals surface area contributed by atoms with E-state index in [0.29, 0.717) is 11.9 Å². The first-order valence-electron chi connectivity index (χ1n) is 10.4. The number of hydroxylamine groups is 2. The molecule has 3 fully saturated rings. The molecule has 2 heterocycles. The van der Waals surface area contributed by atoms with E-state index >= 15 is 0 Å². The lowest BCUT2D eigenvalue weighted by Gasteiger charge is -2.44. The molecule has 2 saturated heterocycles. The molecule has 0 radical (unpaired) electrons. The van der Waals surface area contributed by atoms with Gasteiger partial charge in [0, 0.05) is 45.8 Å². The molecule has 5 nitrogen and oxygen atoms in total. The number of likely N-dealkylation sites (tertiary alicyclic amines) is 1. The first-order valence-corrected chi connectivity index (χ1v) is 10.4. The molecule has 1 aliphatic carbocycles. The molecule has 148 valence electrons. The minimum atomic E-state index is 0.167. The van der Waals surface area contributed by atoms with E-state index in [4.69, 9.17) is 4.84 Å². The highest BCUT2D eigenvalue weighted by Crippen LogP contribution is 2.52. The van der Waals surface area contributed by atoms with Gasteiger partial charge in [0.1, 0.15) is 0 Å². The highest BCUT2D eigenvalue weighted by Gasteiger charge is 2.54. The Balaban J connectivity index is 1.41. The van der Waals surface area contributed by atoms with E-state index in [0.717, 1.165) is 45.6 Å². The van der Waals surface area contributed by atoms with Crippen molar-refractivity contribution in [2.45, 2.75) is 44.7 Å². The van der Waals surface area contributed by atoms with Gasteiger partial charge in [0.25, 0.3) is 0 Å². The van der Waals surface area contributed by atoms with Crippen LogP contribution in [0.3, 0.4) is 0 Å². The average Bonchev–Trinajstić information content (AvgIpc) is 3.07. The second kappa shape index (κ2) is 7.90. The quantitative estimate of drug-likeness (QED) is 0.797. The van der Waals surface area contributed by atoms with Crippen LogP contribution in [0.1, 0.15) is 37.7 Å². The zero-order chi connectivity index (χ0) is 18.9. The van der Waals surface area contributed by atoms with Crippen molar-refractivity contribution in [2.75, 3.05) is 40.3 Å². The van der Waals surface area contributed by atoms with Crippen molar-refractivity contribution in [3.63, 3.8) is 0 Å². The van der Waals surface area contributed by atoms with Gasteiger partial charge in [-0.05, 0) is 36.7 Å². The highest BCUT2D eigenvalue weighted by atomic mass is 16.7. The van der Waals surface area contributed by atoms with Gasteiger partial charge >= 0.3 is 0 Å². The summed E-state index contributed by atoms with van der Waals surface area (Å²) < 4.78 is 0. The Kier molecular flexibility index (Phi) is 5.53. The van der Waals surface area contributed by atoms with E-state index in [1.54, 1.807) is 7.11 Å². The largest absolute Gasteiger partial charge is 0.342 e. The Bertz CT molecular complexity index is 638. The number of nitrogens with zero attached hydrogens (tertiary/aromatic N) is 3. The third-order valence-corrected chi connectivity index (χ3v) is 7.19. The lowest BCUT2D eigenvalue weighted by molar-refractivity contribution is -0.158. The van der Waals surface area contributed by atoms with Crippen LogP contribution in [0.25, 0.3) is 0 Å². The van der Waals surface area contributed by atoms with E-state index in [1.165, 1.54) is 24.8 Å². The van der Waals surface area contributed by atoms with Gasteiger partial charge in [-0.2, -0.15) is 5.06 Å². The Labute approximate surface area is 163 Å². The Morgan fingerprint density at radius 1 is 1.22 bits per heavy atom. The Morgan fingerprint density at radius 2 is 1.93 bits per heavy atom.